The van der Waals surface area contributed by atoms with Crippen molar-refractivity contribution in [3.8, 4) is 0 Å². The molecule has 0 aromatic carbocycles. The highest BCUT2D eigenvalue weighted by Crippen LogP contribution is 2.45. The lowest BCUT2D eigenvalue weighted by Gasteiger charge is -2.40. The fraction of sp³-hybridized carbons (Fsp3) is 0.545. The Morgan fingerprint density at radius 2 is 1.29 bits per heavy atom. The molecule has 2 fully saturated rings. The van der Waals surface area contributed by atoms with Crippen molar-refractivity contribution in [2.75, 3.05) is 0 Å². The quantitative estimate of drug-likeness (QED) is 0.241. The molecule has 12 heteroatoms. The first-order valence-corrected chi connectivity index (χ1v) is 11.0. The van der Waals surface area contributed by atoms with Gasteiger partial charge in [0.15, 0.2) is 5.78 Å². The second kappa shape index (κ2) is 11.0. The molecule has 0 aromatic heterocycles. The van der Waals surface area contributed by atoms with E-state index in [0.29, 0.717) is 18.4 Å². The van der Waals surface area contributed by atoms with Crippen molar-refractivity contribution < 1.29 is 43.9 Å². The average molecular weight is 479 g/mol. The monoisotopic (exact) mass is 479 g/mol. The average Bonchev–Trinajstić information content (AvgIpc) is 2.85. The van der Waals surface area contributed by atoms with Crippen LogP contribution in [0.25, 0.3) is 0 Å². The number of ketones is 1. The van der Waals surface area contributed by atoms with E-state index < -0.39 is 47.7 Å². The second-order valence-electron chi connectivity index (χ2n) is 8.81. The van der Waals surface area contributed by atoms with Crippen LogP contribution < -0.4 is 17.7 Å². The molecule has 0 aliphatic heterocycles. The van der Waals surface area contributed by atoms with Gasteiger partial charge in [0.25, 0.3) is 0 Å². The van der Waals surface area contributed by atoms with E-state index in [4.69, 9.17) is 17.7 Å². The molecule has 3 rings (SSSR count). The Balaban J connectivity index is 2.06. The van der Waals surface area contributed by atoms with Gasteiger partial charge in [-0.05, 0) is 68.1 Å². The largest absolute Gasteiger partial charge is 0.392 e. The number of carbonyl (C=O) groups excluding carboxylic acids is 4. The van der Waals surface area contributed by atoms with Gasteiger partial charge >= 0.3 is 17.9 Å². The first-order chi connectivity index (χ1) is 16.2. The van der Waals surface area contributed by atoms with Gasteiger partial charge in [-0.1, -0.05) is 11.6 Å². The van der Waals surface area contributed by atoms with Crippen molar-refractivity contribution in [1.29, 1.82) is 0 Å². The molecule has 0 aromatic rings. The van der Waals surface area contributed by atoms with Crippen LogP contribution in [0.5, 0.6) is 0 Å². The van der Waals surface area contributed by atoms with Gasteiger partial charge in [-0.2, -0.15) is 17.7 Å². The summed E-state index contributed by atoms with van der Waals surface area (Å²) in [7, 11) is 0. The van der Waals surface area contributed by atoms with Crippen molar-refractivity contribution in [3.63, 3.8) is 0 Å². The zero-order valence-electron chi connectivity index (χ0n) is 18.4. The van der Waals surface area contributed by atoms with Gasteiger partial charge in [-0.25, -0.2) is 14.4 Å². The molecule has 8 N–H and O–H groups in total. The molecule has 0 heterocycles. The van der Waals surface area contributed by atoms with Gasteiger partial charge in [0.1, 0.15) is 5.57 Å². The van der Waals surface area contributed by atoms with E-state index in [1.165, 1.54) is 12.2 Å². The fourth-order valence-corrected chi connectivity index (χ4v) is 5.29. The van der Waals surface area contributed by atoms with Crippen LogP contribution in [-0.4, -0.2) is 46.1 Å². The summed E-state index contributed by atoms with van der Waals surface area (Å²) in [5.41, 5.74) is 1.04. The Bertz CT molecular complexity index is 900. The summed E-state index contributed by atoms with van der Waals surface area (Å²) in [4.78, 5) is 61.5. The van der Waals surface area contributed by atoms with Crippen LogP contribution in [0.3, 0.4) is 0 Å². The normalized spacial score (nSPS) is 31.4. The molecule has 0 spiro atoms. The van der Waals surface area contributed by atoms with Gasteiger partial charge in [0.2, 0.25) is 0 Å². The van der Waals surface area contributed by atoms with Crippen molar-refractivity contribution in [2.24, 2.45) is 41.4 Å². The maximum Gasteiger partial charge on any atom is 0.360 e. The molecule has 0 saturated heterocycles. The summed E-state index contributed by atoms with van der Waals surface area (Å²) in [6.45, 7) is 0. The van der Waals surface area contributed by atoms with Crippen LogP contribution in [0.15, 0.2) is 34.9 Å². The van der Waals surface area contributed by atoms with Gasteiger partial charge in [-0.15, -0.1) is 0 Å². The van der Waals surface area contributed by atoms with Crippen LogP contribution in [0.2, 0.25) is 0 Å². The summed E-state index contributed by atoms with van der Waals surface area (Å²) in [5.74, 6) is 9.71. The molecular formula is C22H29N3O9. The van der Waals surface area contributed by atoms with E-state index in [1.54, 1.807) is 6.08 Å². The number of hydrogen-bond acceptors (Lipinski definition) is 12. The predicted molar refractivity (Wildman–Crippen MR) is 114 cm³/mol. The molecule has 6 atom stereocenters. The topological polar surface area (TPSA) is 214 Å². The first kappa shape index (κ1) is 25.7. The van der Waals surface area contributed by atoms with E-state index >= 15 is 0 Å². The van der Waals surface area contributed by atoms with Crippen molar-refractivity contribution in [2.45, 2.75) is 50.7 Å². The van der Waals surface area contributed by atoms with E-state index in [9.17, 15) is 29.4 Å². The minimum absolute atomic E-state index is 0.202. The standard InChI is InChI=1S/C22H29N3O9/c23-32-20(29)13-7-10(1-4-16(13)26)19(11-2-5-17(27)14(8-11)21(30)33-24)12-3-6-18(28)15(9-12)22(31)34-25/h1,4,7,11-12,14-15,17-18,27-28H,2-3,5-6,8-9,23-25H2. The Hall–Kier alpha value is -2.90. The number of aliphatic hydroxyl groups is 2. The number of allylic oxidation sites excluding steroid dienone is 5. The first-order valence-electron chi connectivity index (χ1n) is 11.0. The summed E-state index contributed by atoms with van der Waals surface area (Å²) < 4.78 is 0. The fourth-order valence-electron chi connectivity index (χ4n) is 5.29. The van der Waals surface area contributed by atoms with E-state index in [1.807, 2.05) is 0 Å². The molecule has 2 saturated carbocycles. The van der Waals surface area contributed by atoms with Crippen LogP contribution in [0, 0.1) is 23.7 Å². The maximum atomic E-state index is 12.2. The van der Waals surface area contributed by atoms with Crippen molar-refractivity contribution in [1.82, 2.24) is 0 Å². The minimum Gasteiger partial charge on any atom is -0.392 e. The molecule has 34 heavy (non-hydrogen) atoms. The number of nitrogens with two attached hydrogens (primary N) is 3. The Labute approximate surface area is 195 Å². The minimum atomic E-state index is -1.00. The van der Waals surface area contributed by atoms with Gasteiger partial charge in [-0.3, -0.25) is 4.79 Å². The highest BCUT2D eigenvalue weighted by molar-refractivity contribution is 6.23. The van der Waals surface area contributed by atoms with E-state index in [-0.39, 0.29) is 43.1 Å². The SMILES string of the molecule is NOC(=O)C1=CC(=C(C2CCC(O)C(C(=O)ON)C2)C2CCC(O)C(C(=O)ON)C2)C=CC1=O. The van der Waals surface area contributed by atoms with Crippen LogP contribution >= 0.6 is 0 Å². The molecule has 0 amide bonds. The van der Waals surface area contributed by atoms with Gasteiger partial charge in [0.05, 0.1) is 24.0 Å². The third-order valence-electron chi connectivity index (χ3n) is 6.98. The molecule has 0 bridgehead atoms. The zero-order valence-corrected chi connectivity index (χ0v) is 18.4. The molecule has 0 radical (unpaired) electrons. The second-order valence-corrected chi connectivity index (χ2v) is 8.81. The lowest BCUT2D eigenvalue weighted by Crippen LogP contribution is -2.41. The number of aliphatic hydroxyl groups excluding tert-OH is 2. The van der Waals surface area contributed by atoms with Crippen LogP contribution in [0.4, 0.5) is 0 Å². The van der Waals surface area contributed by atoms with Crippen molar-refractivity contribution in [3.05, 3.63) is 34.9 Å². The molecule has 12 nitrogen and oxygen atoms in total. The Morgan fingerprint density at radius 3 is 1.74 bits per heavy atom. The van der Waals surface area contributed by atoms with Crippen LogP contribution in [-0.2, 0) is 33.7 Å². The highest BCUT2D eigenvalue weighted by Gasteiger charge is 2.42. The summed E-state index contributed by atoms with van der Waals surface area (Å²) >= 11 is 0. The molecule has 6 unspecified atom stereocenters. The van der Waals surface area contributed by atoms with Crippen LogP contribution in [0.1, 0.15) is 38.5 Å². The maximum absolute atomic E-state index is 12.2. The Morgan fingerprint density at radius 1 is 0.794 bits per heavy atom. The predicted octanol–water partition coefficient (Wildman–Crippen LogP) is -0.847. The number of hydrogen-bond donors (Lipinski definition) is 5. The molecular weight excluding hydrogens is 450 g/mol. The smallest absolute Gasteiger partial charge is 0.360 e. The lowest BCUT2D eigenvalue weighted by molar-refractivity contribution is -0.155. The zero-order chi connectivity index (χ0) is 25.0. The molecule has 3 aliphatic rings. The van der Waals surface area contributed by atoms with Gasteiger partial charge < -0.3 is 24.7 Å². The van der Waals surface area contributed by atoms with Crippen molar-refractivity contribution >= 4 is 23.7 Å². The summed E-state index contributed by atoms with van der Waals surface area (Å²) in [6.07, 6.45) is 4.22. The highest BCUT2D eigenvalue weighted by atomic mass is 16.7. The van der Waals surface area contributed by atoms with E-state index in [2.05, 4.69) is 14.5 Å². The number of rotatable bonds is 5. The lowest BCUT2D eigenvalue weighted by atomic mass is 9.66. The molecule has 186 valence electrons. The number of carbonyl (C=O) groups is 4. The third kappa shape index (κ3) is 5.26. The summed E-state index contributed by atoms with van der Waals surface area (Å²) in [5, 5.41) is 20.7. The Kier molecular flexibility index (Phi) is 8.33. The summed E-state index contributed by atoms with van der Waals surface area (Å²) in [6, 6.07) is 0. The third-order valence-corrected chi connectivity index (χ3v) is 6.98. The molecule has 3 aliphatic carbocycles. The van der Waals surface area contributed by atoms with Gasteiger partial charge in [0, 0.05) is 0 Å². The van der Waals surface area contributed by atoms with E-state index in [0.717, 1.165) is 5.57 Å².